The average molecular weight is 366 g/mol. The van der Waals surface area contributed by atoms with Gasteiger partial charge in [0.1, 0.15) is 5.75 Å². The Morgan fingerprint density at radius 3 is 2.32 bits per heavy atom. The summed E-state index contributed by atoms with van der Waals surface area (Å²) in [4.78, 5) is 20.8. The number of ether oxygens (including phenoxy) is 2. The first kappa shape index (κ1) is 16.2. The van der Waals surface area contributed by atoms with E-state index in [-0.39, 0.29) is 11.9 Å². The fourth-order valence-corrected chi connectivity index (χ4v) is 2.37. The molecular formula is C15H16BrN3O3. The first-order chi connectivity index (χ1) is 10.5. The number of methoxy groups -OCH3 is 2. The third-order valence-corrected chi connectivity index (χ3v) is 3.78. The summed E-state index contributed by atoms with van der Waals surface area (Å²) in [6.45, 7) is 3.57. The van der Waals surface area contributed by atoms with Crippen LogP contribution in [0.4, 0.5) is 5.69 Å². The van der Waals surface area contributed by atoms with Gasteiger partial charge in [0.2, 0.25) is 0 Å². The summed E-state index contributed by atoms with van der Waals surface area (Å²) in [7, 11) is 3.05. The second-order valence-electron chi connectivity index (χ2n) is 4.56. The average Bonchev–Trinajstić information content (AvgIpc) is 2.50. The summed E-state index contributed by atoms with van der Waals surface area (Å²) >= 11 is 3.37. The fourth-order valence-electron chi connectivity index (χ4n) is 1.94. The van der Waals surface area contributed by atoms with E-state index in [1.54, 1.807) is 39.2 Å². The molecule has 1 aromatic heterocycles. The van der Waals surface area contributed by atoms with E-state index in [9.17, 15) is 4.79 Å². The Kier molecular flexibility index (Phi) is 4.97. The van der Waals surface area contributed by atoms with Crippen LogP contribution in [0.15, 0.2) is 22.7 Å². The van der Waals surface area contributed by atoms with Crippen molar-refractivity contribution in [2.24, 2.45) is 0 Å². The molecule has 0 fully saturated rings. The van der Waals surface area contributed by atoms with Gasteiger partial charge in [0.05, 0.1) is 36.9 Å². The highest BCUT2D eigenvalue weighted by atomic mass is 79.9. The van der Waals surface area contributed by atoms with Gasteiger partial charge in [-0.3, -0.25) is 4.79 Å². The van der Waals surface area contributed by atoms with Crippen molar-refractivity contribution in [2.45, 2.75) is 13.8 Å². The second-order valence-corrected chi connectivity index (χ2v) is 5.41. The van der Waals surface area contributed by atoms with Gasteiger partial charge in [0.25, 0.3) is 5.91 Å². The molecule has 6 nitrogen and oxygen atoms in total. The van der Waals surface area contributed by atoms with Gasteiger partial charge in [-0.05, 0) is 48.0 Å². The van der Waals surface area contributed by atoms with Crippen LogP contribution in [0.1, 0.15) is 21.7 Å². The smallest absolute Gasteiger partial charge is 0.316 e. The van der Waals surface area contributed by atoms with Crippen LogP contribution >= 0.6 is 15.9 Å². The molecular weight excluding hydrogens is 350 g/mol. The van der Waals surface area contributed by atoms with Gasteiger partial charge in [-0.2, -0.15) is 9.97 Å². The minimum Gasteiger partial charge on any atom is -0.497 e. The molecule has 1 heterocycles. The zero-order valence-corrected chi connectivity index (χ0v) is 14.3. The number of hydrogen-bond donors (Lipinski definition) is 1. The number of carbonyl (C=O) groups is 1. The van der Waals surface area contributed by atoms with Crippen molar-refractivity contribution in [3.05, 3.63) is 39.6 Å². The van der Waals surface area contributed by atoms with E-state index in [0.717, 1.165) is 0 Å². The van der Waals surface area contributed by atoms with E-state index in [2.05, 4.69) is 31.2 Å². The lowest BCUT2D eigenvalue weighted by Gasteiger charge is -2.12. The molecule has 22 heavy (non-hydrogen) atoms. The maximum atomic E-state index is 12.5. The van der Waals surface area contributed by atoms with E-state index >= 15 is 0 Å². The Morgan fingerprint density at radius 2 is 1.77 bits per heavy atom. The predicted octanol–water partition coefficient (Wildman–Crippen LogP) is 3.13. The minimum atomic E-state index is -0.272. The molecule has 116 valence electrons. The standard InChI is InChI=1S/C15H16BrN3O3/c1-8-13(9(2)18-15(17-8)22-4)19-14(20)11-7-10(21-3)5-6-12(11)16/h5-7H,1-4H3,(H,19,20). The Labute approximate surface area is 137 Å². The van der Waals surface area contributed by atoms with Crippen molar-refractivity contribution < 1.29 is 14.3 Å². The number of nitrogens with zero attached hydrogens (tertiary/aromatic N) is 2. The third-order valence-electron chi connectivity index (χ3n) is 3.09. The van der Waals surface area contributed by atoms with Crippen molar-refractivity contribution in [3.8, 4) is 11.8 Å². The predicted molar refractivity (Wildman–Crippen MR) is 86.7 cm³/mol. The van der Waals surface area contributed by atoms with Gasteiger partial charge in [0, 0.05) is 4.47 Å². The van der Waals surface area contributed by atoms with Crippen LogP contribution in [0.5, 0.6) is 11.8 Å². The molecule has 0 radical (unpaired) electrons. The molecule has 0 saturated carbocycles. The summed E-state index contributed by atoms with van der Waals surface area (Å²) in [5.74, 6) is 0.332. The van der Waals surface area contributed by atoms with Gasteiger partial charge in [0.15, 0.2) is 0 Å². The largest absolute Gasteiger partial charge is 0.497 e. The topological polar surface area (TPSA) is 73.3 Å². The number of carbonyl (C=O) groups excluding carboxylic acids is 1. The zero-order chi connectivity index (χ0) is 16.3. The SMILES string of the molecule is COc1ccc(Br)c(C(=O)Nc2c(C)nc(OC)nc2C)c1. The maximum absolute atomic E-state index is 12.5. The molecule has 2 aromatic rings. The molecule has 0 unspecified atom stereocenters. The number of amides is 1. The van der Waals surface area contributed by atoms with E-state index < -0.39 is 0 Å². The van der Waals surface area contributed by atoms with Gasteiger partial charge in [-0.15, -0.1) is 0 Å². The highest BCUT2D eigenvalue weighted by molar-refractivity contribution is 9.10. The lowest BCUT2D eigenvalue weighted by atomic mass is 10.2. The van der Waals surface area contributed by atoms with Crippen LogP contribution in [0.3, 0.4) is 0 Å². The molecule has 0 bridgehead atoms. The Morgan fingerprint density at radius 1 is 1.14 bits per heavy atom. The molecule has 1 aromatic carbocycles. The Balaban J connectivity index is 2.33. The lowest BCUT2D eigenvalue weighted by Crippen LogP contribution is -2.16. The highest BCUT2D eigenvalue weighted by Gasteiger charge is 2.16. The molecule has 7 heteroatoms. The lowest BCUT2D eigenvalue weighted by molar-refractivity contribution is 0.102. The molecule has 0 aliphatic rings. The van der Waals surface area contributed by atoms with E-state index in [0.29, 0.717) is 32.9 Å². The number of anilines is 1. The number of aromatic nitrogens is 2. The molecule has 1 N–H and O–H groups in total. The Bertz CT molecular complexity index is 696. The number of benzene rings is 1. The van der Waals surface area contributed by atoms with E-state index in [4.69, 9.17) is 9.47 Å². The molecule has 0 saturated heterocycles. The van der Waals surface area contributed by atoms with Gasteiger partial charge < -0.3 is 14.8 Å². The van der Waals surface area contributed by atoms with Crippen molar-refractivity contribution in [3.63, 3.8) is 0 Å². The van der Waals surface area contributed by atoms with E-state index in [1.807, 2.05) is 0 Å². The van der Waals surface area contributed by atoms with Gasteiger partial charge in [-0.25, -0.2) is 0 Å². The maximum Gasteiger partial charge on any atom is 0.316 e. The number of hydrogen-bond acceptors (Lipinski definition) is 5. The van der Waals surface area contributed by atoms with Crippen LogP contribution < -0.4 is 14.8 Å². The fraction of sp³-hybridized carbons (Fsp3) is 0.267. The quantitative estimate of drug-likeness (QED) is 0.900. The van der Waals surface area contributed by atoms with Crippen LogP contribution in [0.25, 0.3) is 0 Å². The van der Waals surface area contributed by atoms with Crippen molar-refractivity contribution >= 4 is 27.5 Å². The van der Waals surface area contributed by atoms with Crippen LogP contribution in [-0.4, -0.2) is 30.1 Å². The zero-order valence-electron chi connectivity index (χ0n) is 12.7. The second kappa shape index (κ2) is 6.74. The van der Waals surface area contributed by atoms with Gasteiger partial charge in [-0.1, -0.05) is 0 Å². The number of aryl methyl sites for hydroxylation is 2. The highest BCUT2D eigenvalue weighted by Crippen LogP contribution is 2.25. The van der Waals surface area contributed by atoms with Crippen LogP contribution in [0, 0.1) is 13.8 Å². The molecule has 2 rings (SSSR count). The number of halogens is 1. The summed E-state index contributed by atoms with van der Waals surface area (Å²) in [6.07, 6.45) is 0. The monoisotopic (exact) mass is 365 g/mol. The van der Waals surface area contributed by atoms with Crippen LogP contribution in [-0.2, 0) is 0 Å². The van der Waals surface area contributed by atoms with Crippen molar-refractivity contribution in [1.29, 1.82) is 0 Å². The van der Waals surface area contributed by atoms with E-state index in [1.165, 1.54) is 7.11 Å². The normalized spacial score (nSPS) is 10.2. The minimum absolute atomic E-state index is 0.272. The van der Waals surface area contributed by atoms with Crippen molar-refractivity contribution in [2.75, 3.05) is 19.5 Å². The summed E-state index contributed by atoms with van der Waals surface area (Å²) in [5, 5.41) is 2.83. The third kappa shape index (κ3) is 3.36. The molecule has 1 amide bonds. The Hall–Kier alpha value is -2.15. The summed E-state index contributed by atoms with van der Waals surface area (Å²) < 4.78 is 10.8. The van der Waals surface area contributed by atoms with Crippen LogP contribution in [0.2, 0.25) is 0 Å². The first-order valence-electron chi connectivity index (χ1n) is 6.50. The first-order valence-corrected chi connectivity index (χ1v) is 7.29. The van der Waals surface area contributed by atoms with Gasteiger partial charge >= 0.3 is 6.01 Å². The number of rotatable bonds is 4. The molecule has 0 aliphatic carbocycles. The number of nitrogens with one attached hydrogen (secondary N) is 1. The molecule has 0 spiro atoms. The summed E-state index contributed by atoms with van der Waals surface area (Å²) in [5.41, 5.74) is 2.31. The molecule has 0 atom stereocenters. The van der Waals surface area contributed by atoms with Crippen molar-refractivity contribution in [1.82, 2.24) is 9.97 Å². The summed E-state index contributed by atoms with van der Waals surface area (Å²) in [6, 6.07) is 5.47. The molecule has 0 aliphatic heterocycles.